The van der Waals surface area contributed by atoms with Crippen LogP contribution in [0.25, 0.3) is 0 Å². The molecule has 0 aromatic rings. The lowest BCUT2D eigenvalue weighted by molar-refractivity contribution is 0.325. The average molecular weight is 141 g/mol. The summed E-state index contributed by atoms with van der Waals surface area (Å²) in [6.45, 7) is 8.20. The fourth-order valence-corrected chi connectivity index (χ4v) is 1.96. The van der Waals surface area contributed by atoms with Crippen LogP contribution < -0.4 is 5.32 Å². The van der Waals surface area contributed by atoms with Crippen molar-refractivity contribution < 1.29 is 0 Å². The van der Waals surface area contributed by atoms with Gasteiger partial charge in [-0.1, -0.05) is 20.3 Å². The van der Waals surface area contributed by atoms with Gasteiger partial charge < -0.3 is 5.32 Å². The Bertz CT molecular complexity index is 101. The van der Waals surface area contributed by atoms with Crippen molar-refractivity contribution in [2.75, 3.05) is 6.54 Å². The third kappa shape index (κ3) is 1.51. The predicted octanol–water partition coefficient (Wildman–Crippen LogP) is 2.03. The zero-order chi connectivity index (χ0) is 7.56. The molecular weight excluding hydrogens is 122 g/mol. The van der Waals surface area contributed by atoms with Crippen LogP contribution in [-0.2, 0) is 0 Å². The highest BCUT2D eigenvalue weighted by Gasteiger charge is 2.26. The molecule has 1 heterocycles. The van der Waals surface area contributed by atoms with Crippen molar-refractivity contribution in [3.8, 4) is 0 Å². The van der Waals surface area contributed by atoms with E-state index < -0.39 is 0 Å². The van der Waals surface area contributed by atoms with Gasteiger partial charge in [0.15, 0.2) is 0 Å². The standard InChI is InChI=1S/C9H19N/c1-4-7(2)9-5-6-10-8(9)3/h7-10H,4-6H2,1-3H3. The van der Waals surface area contributed by atoms with Gasteiger partial charge in [0.2, 0.25) is 0 Å². The average Bonchev–Trinajstić information content (AvgIpc) is 2.34. The number of nitrogens with one attached hydrogen (secondary N) is 1. The van der Waals surface area contributed by atoms with E-state index in [1.807, 2.05) is 0 Å². The minimum atomic E-state index is 0.759. The molecule has 0 spiro atoms. The van der Waals surface area contributed by atoms with E-state index in [1.54, 1.807) is 0 Å². The Kier molecular flexibility index (Phi) is 2.72. The second-order valence-electron chi connectivity index (χ2n) is 3.58. The third-order valence-corrected chi connectivity index (χ3v) is 2.96. The molecule has 1 aliphatic heterocycles. The molecule has 10 heavy (non-hydrogen) atoms. The van der Waals surface area contributed by atoms with E-state index in [0.29, 0.717) is 0 Å². The molecule has 1 rings (SSSR count). The van der Waals surface area contributed by atoms with Crippen LogP contribution in [0, 0.1) is 11.8 Å². The minimum Gasteiger partial charge on any atom is -0.314 e. The van der Waals surface area contributed by atoms with E-state index in [2.05, 4.69) is 26.1 Å². The van der Waals surface area contributed by atoms with E-state index in [0.717, 1.165) is 17.9 Å². The number of hydrogen-bond donors (Lipinski definition) is 1. The van der Waals surface area contributed by atoms with Gasteiger partial charge in [-0.05, 0) is 31.7 Å². The van der Waals surface area contributed by atoms with Crippen molar-refractivity contribution in [2.45, 2.75) is 39.7 Å². The van der Waals surface area contributed by atoms with Crippen molar-refractivity contribution in [1.29, 1.82) is 0 Å². The van der Waals surface area contributed by atoms with Gasteiger partial charge in [-0.25, -0.2) is 0 Å². The van der Waals surface area contributed by atoms with Crippen LogP contribution in [0.5, 0.6) is 0 Å². The summed E-state index contributed by atoms with van der Waals surface area (Å²) in [6.07, 6.45) is 2.72. The minimum absolute atomic E-state index is 0.759. The predicted molar refractivity (Wildman–Crippen MR) is 45.0 cm³/mol. The van der Waals surface area contributed by atoms with Crippen LogP contribution in [0.2, 0.25) is 0 Å². The Hall–Kier alpha value is -0.0400. The first-order chi connectivity index (χ1) is 4.75. The summed E-state index contributed by atoms with van der Waals surface area (Å²) in [7, 11) is 0. The van der Waals surface area contributed by atoms with Crippen molar-refractivity contribution in [3.05, 3.63) is 0 Å². The highest BCUT2D eigenvalue weighted by molar-refractivity contribution is 4.82. The largest absolute Gasteiger partial charge is 0.314 e. The topological polar surface area (TPSA) is 12.0 Å². The lowest BCUT2D eigenvalue weighted by Crippen LogP contribution is -2.26. The van der Waals surface area contributed by atoms with Crippen LogP contribution in [-0.4, -0.2) is 12.6 Å². The molecule has 1 fully saturated rings. The highest BCUT2D eigenvalue weighted by Crippen LogP contribution is 2.25. The summed E-state index contributed by atoms with van der Waals surface area (Å²) in [6, 6.07) is 0.759. The maximum atomic E-state index is 3.48. The second-order valence-corrected chi connectivity index (χ2v) is 3.58. The Labute approximate surface area is 64.2 Å². The number of hydrogen-bond acceptors (Lipinski definition) is 1. The third-order valence-electron chi connectivity index (χ3n) is 2.96. The zero-order valence-electron chi connectivity index (χ0n) is 7.35. The SMILES string of the molecule is CCC(C)C1CCNC1C. The summed E-state index contributed by atoms with van der Waals surface area (Å²) < 4.78 is 0. The molecule has 1 N–H and O–H groups in total. The maximum absolute atomic E-state index is 3.48. The van der Waals surface area contributed by atoms with Gasteiger partial charge in [0.25, 0.3) is 0 Å². The van der Waals surface area contributed by atoms with Gasteiger partial charge in [0.1, 0.15) is 0 Å². The summed E-state index contributed by atoms with van der Waals surface area (Å²) in [5.41, 5.74) is 0. The van der Waals surface area contributed by atoms with Crippen LogP contribution in [0.4, 0.5) is 0 Å². The zero-order valence-corrected chi connectivity index (χ0v) is 7.35. The molecule has 1 nitrogen and oxygen atoms in total. The van der Waals surface area contributed by atoms with Crippen LogP contribution in [0.15, 0.2) is 0 Å². The number of rotatable bonds is 2. The summed E-state index contributed by atoms with van der Waals surface area (Å²) in [5, 5.41) is 3.48. The molecule has 1 saturated heterocycles. The molecule has 0 radical (unpaired) electrons. The van der Waals surface area contributed by atoms with Gasteiger partial charge in [0.05, 0.1) is 0 Å². The molecule has 1 aliphatic rings. The summed E-state index contributed by atoms with van der Waals surface area (Å²) >= 11 is 0. The Morgan fingerprint density at radius 1 is 1.60 bits per heavy atom. The van der Waals surface area contributed by atoms with Crippen LogP contribution in [0.3, 0.4) is 0 Å². The van der Waals surface area contributed by atoms with Gasteiger partial charge in [-0.15, -0.1) is 0 Å². The lowest BCUT2D eigenvalue weighted by atomic mass is 9.87. The smallest absolute Gasteiger partial charge is 0.00700 e. The molecule has 0 amide bonds. The molecule has 0 aromatic carbocycles. The molecule has 0 aromatic heterocycles. The van der Waals surface area contributed by atoms with Gasteiger partial charge in [0, 0.05) is 6.04 Å². The van der Waals surface area contributed by atoms with E-state index in [4.69, 9.17) is 0 Å². The van der Waals surface area contributed by atoms with Crippen molar-refractivity contribution in [2.24, 2.45) is 11.8 Å². The fraction of sp³-hybridized carbons (Fsp3) is 1.00. The van der Waals surface area contributed by atoms with Crippen LogP contribution >= 0.6 is 0 Å². The van der Waals surface area contributed by atoms with Gasteiger partial charge in [-0.3, -0.25) is 0 Å². The van der Waals surface area contributed by atoms with E-state index >= 15 is 0 Å². The van der Waals surface area contributed by atoms with Gasteiger partial charge in [-0.2, -0.15) is 0 Å². The van der Waals surface area contributed by atoms with Crippen molar-refractivity contribution in [3.63, 3.8) is 0 Å². The first-order valence-corrected chi connectivity index (χ1v) is 4.49. The van der Waals surface area contributed by atoms with Crippen molar-refractivity contribution >= 4 is 0 Å². The molecule has 3 atom stereocenters. The fourth-order valence-electron chi connectivity index (χ4n) is 1.96. The summed E-state index contributed by atoms with van der Waals surface area (Å²) in [4.78, 5) is 0. The van der Waals surface area contributed by atoms with Crippen LogP contribution in [0.1, 0.15) is 33.6 Å². The Morgan fingerprint density at radius 2 is 2.30 bits per heavy atom. The molecule has 0 saturated carbocycles. The molecule has 0 bridgehead atoms. The van der Waals surface area contributed by atoms with E-state index in [1.165, 1.54) is 19.4 Å². The maximum Gasteiger partial charge on any atom is 0.00700 e. The molecule has 0 aliphatic carbocycles. The Morgan fingerprint density at radius 3 is 2.70 bits per heavy atom. The van der Waals surface area contributed by atoms with E-state index in [-0.39, 0.29) is 0 Å². The summed E-state index contributed by atoms with van der Waals surface area (Å²) in [5.74, 6) is 1.84. The second kappa shape index (κ2) is 3.38. The van der Waals surface area contributed by atoms with E-state index in [9.17, 15) is 0 Å². The first kappa shape index (κ1) is 8.06. The van der Waals surface area contributed by atoms with Crippen molar-refractivity contribution in [1.82, 2.24) is 5.32 Å². The molecular formula is C9H19N. The highest BCUT2D eigenvalue weighted by atomic mass is 14.9. The molecule has 1 heteroatoms. The van der Waals surface area contributed by atoms with Gasteiger partial charge >= 0.3 is 0 Å². The quantitative estimate of drug-likeness (QED) is 0.620. The lowest BCUT2D eigenvalue weighted by Gasteiger charge is -2.21. The first-order valence-electron chi connectivity index (χ1n) is 4.49. The molecule has 60 valence electrons. The Balaban J connectivity index is 2.38. The molecule has 3 unspecified atom stereocenters. The normalized spacial score (nSPS) is 36.3. The monoisotopic (exact) mass is 141 g/mol.